The minimum absolute atomic E-state index is 0.150. The molecule has 0 radical (unpaired) electrons. The second kappa shape index (κ2) is 11.4. The van der Waals surface area contributed by atoms with Gasteiger partial charge in [-0.3, -0.25) is 14.4 Å². The zero-order valence-electron chi connectivity index (χ0n) is 17.9. The van der Waals surface area contributed by atoms with E-state index in [0.717, 1.165) is 0 Å². The Morgan fingerprint density at radius 1 is 0.853 bits per heavy atom. The molecule has 10 heteroatoms. The number of hydrazone groups is 1. The molecule has 172 valence electrons. The summed E-state index contributed by atoms with van der Waals surface area (Å²) in [7, 11) is 1.28. The van der Waals surface area contributed by atoms with E-state index in [9.17, 15) is 19.2 Å². The van der Waals surface area contributed by atoms with Crippen LogP contribution in [0.15, 0.2) is 77.9 Å². The normalized spacial score (nSPS) is 10.4. The molecule has 0 saturated heterocycles. The Bertz CT molecular complexity index is 1240. The van der Waals surface area contributed by atoms with Crippen LogP contribution in [-0.2, 0) is 14.3 Å². The van der Waals surface area contributed by atoms with Crippen LogP contribution in [0, 0.1) is 0 Å². The third-order valence-corrected chi connectivity index (χ3v) is 4.69. The SMILES string of the molecule is COC(=O)c1ccc(/C=N\NC(=O)C(=O)Nc2ccccc2C(=O)Nc2ccc(Cl)cc2)cc1. The van der Waals surface area contributed by atoms with Crippen LogP contribution in [0.3, 0.4) is 0 Å². The van der Waals surface area contributed by atoms with Gasteiger partial charge in [0, 0.05) is 10.7 Å². The Kier molecular flexibility index (Phi) is 8.09. The van der Waals surface area contributed by atoms with Crippen molar-refractivity contribution >= 4 is 52.9 Å². The van der Waals surface area contributed by atoms with E-state index >= 15 is 0 Å². The van der Waals surface area contributed by atoms with Gasteiger partial charge in [-0.1, -0.05) is 35.9 Å². The Labute approximate surface area is 199 Å². The first kappa shape index (κ1) is 24.1. The highest BCUT2D eigenvalue weighted by atomic mass is 35.5. The summed E-state index contributed by atoms with van der Waals surface area (Å²) in [5.41, 5.74) is 3.88. The van der Waals surface area contributed by atoms with Crippen molar-refractivity contribution in [2.24, 2.45) is 5.10 Å². The Morgan fingerprint density at radius 2 is 1.53 bits per heavy atom. The maximum absolute atomic E-state index is 12.6. The van der Waals surface area contributed by atoms with E-state index in [1.165, 1.54) is 37.6 Å². The van der Waals surface area contributed by atoms with Gasteiger partial charge in [-0.25, -0.2) is 10.2 Å². The van der Waals surface area contributed by atoms with Crippen molar-refractivity contribution in [3.05, 3.63) is 94.5 Å². The molecule has 3 rings (SSSR count). The van der Waals surface area contributed by atoms with Crippen molar-refractivity contribution in [2.45, 2.75) is 0 Å². The number of carbonyl (C=O) groups is 4. The minimum Gasteiger partial charge on any atom is -0.465 e. The molecule has 0 bridgehead atoms. The second-order valence-corrected chi connectivity index (χ2v) is 7.21. The van der Waals surface area contributed by atoms with Gasteiger partial charge in [0.2, 0.25) is 0 Å². The number of carbonyl (C=O) groups excluding carboxylic acids is 4. The van der Waals surface area contributed by atoms with Crippen LogP contribution in [0.2, 0.25) is 5.02 Å². The largest absolute Gasteiger partial charge is 0.465 e. The maximum Gasteiger partial charge on any atom is 0.337 e. The Morgan fingerprint density at radius 3 is 2.21 bits per heavy atom. The molecule has 0 aromatic heterocycles. The van der Waals surface area contributed by atoms with Gasteiger partial charge in [0.15, 0.2) is 0 Å². The number of ether oxygens (including phenoxy) is 1. The molecule has 0 atom stereocenters. The molecule has 0 aliphatic carbocycles. The summed E-state index contributed by atoms with van der Waals surface area (Å²) in [4.78, 5) is 48.5. The van der Waals surface area contributed by atoms with E-state index in [2.05, 4.69) is 25.9 Å². The highest BCUT2D eigenvalue weighted by molar-refractivity contribution is 6.40. The lowest BCUT2D eigenvalue weighted by Crippen LogP contribution is -2.33. The predicted octanol–water partition coefficient (Wildman–Crippen LogP) is 3.47. The lowest BCUT2D eigenvalue weighted by atomic mass is 10.1. The van der Waals surface area contributed by atoms with E-state index < -0.39 is 23.7 Å². The molecule has 0 fully saturated rings. The number of anilines is 2. The molecule has 9 nitrogen and oxygen atoms in total. The highest BCUT2D eigenvalue weighted by Gasteiger charge is 2.17. The molecule has 3 aromatic rings. The average Bonchev–Trinajstić information content (AvgIpc) is 2.85. The van der Waals surface area contributed by atoms with Gasteiger partial charge in [-0.15, -0.1) is 0 Å². The third-order valence-electron chi connectivity index (χ3n) is 4.44. The fraction of sp³-hybridized carbons (Fsp3) is 0.0417. The van der Waals surface area contributed by atoms with E-state index in [1.54, 1.807) is 48.5 Å². The number of halogens is 1. The molecular formula is C24H19ClN4O5. The van der Waals surface area contributed by atoms with E-state index in [0.29, 0.717) is 21.8 Å². The van der Waals surface area contributed by atoms with Crippen LogP contribution in [0.4, 0.5) is 11.4 Å². The van der Waals surface area contributed by atoms with Crippen LogP contribution in [0.5, 0.6) is 0 Å². The molecule has 34 heavy (non-hydrogen) atoms. The topological polar surface area (TPSA) is 126 Å². The molecule has 3 amide bonds. The van der Waals surface area contributed by atoms with Crippen molar-refractivity contribution in [1.82, 2.24) is 5.43 Å². The number of esters is 1. The first-order valence-corrected chi connectivity index (χ1v) is 10.2. The first-order valence-electron chi connectivity index (χ1n) is 9.86. The van der Waals surface area contributed by atoms with Crippen LogP contribution >= 0.6 is 11.6 Å². The number of amides is 3. The Hall–Kier alpha value is -4.50. The number of nitrogens with zero attached hydrogens (tertiary/aromatic N) is 1. The molecule has 0 heterocycles. The van der Waals surface area contributed by atoms with Gasteiger partial charge >= 0.3 is 17.8 Å². The first-order chi connectivity index (χ1) is 16.4. The number of rotatable bonds is 6. The van der Waals surface area contributed by atoms with Gasteiger partial charge in [0.1, 0.15) is 0 Å². The van der Waals surface area contributed by atoms with Gasteiger partial charge in [-0.2, -0.15) is 5.10 Å². The molecule has 3 aromatic carbocycles. The summed E-state index contributed by atoms with van der Waals surface area (Å²) >= 11 is 5.85. The molecule has 0 saturated carbocycles. The molecular weight excluding hydrogens is 460 g/mol. The van der Waals surface area contributed by atoms with Gasteiger partial charge < -0.3 is 15.4 Å². The third kappa shape index (κ3) is 6.50. The highest BCUT2D eigenvalue weighted by Crippen LogP contribution is 2.19. The Balaban J connectivity index is 1.60. The number of para-hydroxylation sites is 1. The number of nitrogens with one attached hydrogen (secondary N) is 3. The van der Waals surface area contributed by atoms with E-state index in [1.807, 2.05) is 0 Å². The lowest BCUT2D eigenvalue weighted by molar-refractivity contribution is -0.136. The maximum atomic E-state index is 12.6. The minimum atomic E-state index is -1.03. The summed E-state index contributed by atoms with van der Waals surface area (Å²) in [5, 5.41) is 9.35. The zero-order chi connectivity index (χ0) is 24.5. The van der Waals surface area contributed by atoms with E-state index in [-0.39, 0.29) is 11.3 Å². The summed E-state index contributed by atoms with van der Waals surface area (Å²) in [6.07, 6.45) is 1.31. The second-order valence-electron chi connectivity index (χ2n) is 6.77. The van der Waals surface area contributed by atoms with Crippen molar-refractivity contribution in [2.75, 3.05) is 17.7 Å². The van der Waals surface area contributed by atoms with Crippen LogP contribution < -0.4 is 16.1 Å². The molecule has 0 aliphatic heterocycles. The van der Waals surface area contributed by atoms with Crippen molar-refractivity contribution in [1.29, 1.82) is 0 Å². The standard InChI is InChI=1S/C24H19ClN4O5/c1-34-24(33)16-8-6-15(7-9-16)14-26-29-23(32)22(31)28-20-5-3-2-4-19(20)21(30)27-18-12-10-17(25)11-13-18/h2-14H,1H3,(H,27,30)(H,28,31)(H,29,32)/b26-14-. The molecule has 3 N–H and O–H groups in total. The fourth-order valence-corrected chi connectivity index (χ4v) is 2.87. The zero-order valence-corrected chi connectivity index (χ0v) is 18.6. The quantitative estimate of drug-likeness (QED) is 0.216. The number of methoxy groups -OCH3 is 1. The predicted molar refractivity (Wildman–Crippen MR) is 128 cm³/mol. The van der Waals surface area contributed by atoms with Crippen LogP contribution in [0.1, 0.15) is 26.3 Å². The fourth-order valence-electron chi connectivity index (χ4n) is 2.74. The lowest BCUT2D eigenvalue weighted by Gasteiger charge is -2.11. The summed E-state index contributed by atoms with van der Waals surface area (Å²) in [6.45, 7) is 0. The van der Waals surface area contributed by atoms with Crippen molar-refractivity contribution in [3.8, 4) is 0 Å². The summed E-state index contributed by atoms with van der Waals surface area (Å²) in [5.74, 6) is -3.00. The average molecular weight is 479 g/mol. The monoisotopic (exact) mass is 478 g/mol. The van der Waals surface area contributed by atoms with Crippen molar-refractivity contribution in [3.63, 3.8) is 0 Å². The number of hydrogen-bond donors (Lipinski definition) is 3. The van der Waals surface area contributed by atoms with Gasteiger partial charge in [-0.05, 0) is 54.1 Å². The van der Waals surface area contributed by atoms with Gasteiger partial charge in [0.25, 0.3) is 5.91 Å². The van der Waals surface area contributed by atoms with E-state index in [4.69, 9.17) is 11.6 Å². The van der Waals surface area contributed by atoms with Gasteiger partial charge in [0.05, 0.1) is 30.1 Å². The van der Waals surface area contributed by atoms with Crippen LogP contribution in [-0.4, -0.2) is 37.0 Å². The molecule has 0 aliphatic rings. The summed E-state index contributed by atoms with van der Waals surface area (Å²) < 4.78 is 4.62. The number of hydrogen-bond acceptors (Lipinski definition) is 6. The summed E-state index contributed by atoms with van der Waals surface area (Å²) in [6, 6.07) is 19.0. The smallest absolute Gasteiger partial charge is 0.337 e. The van der Waals surface area contributed by atoms with Crippen LogP contribution in [0.25, 0.3) is 0 Å². The van der Waals surface area contributed by atoms with Crippen molar-refractivity contribution < 1.29 is 23.9 Å². The number of benzene rings is 3. The molecule has 0 unspecified atom stereocenters. The molecule has 0 spiro atoms.